The highest BCUT2D eigenvalue weighted by Crippen LogP contribution is 2.24. The molecule has 1 aliphatic rings. The Hall–Kier alpha value is -2.60. The topological polar surface area (TPSA) is 76.0 Å². The smallest absolute Gasteiger partial charge is 0.291 e. The van der Waals surface area contributed by atoms with Crippen molar-refractivity contribution in [2.45, 2.75) is 25.8 Å². The normalized spacial score (nSPS) is 13.0. The van der Waals surface area contributed by atoms with Crippen LogP contribution < -0.4 is 10.6 Å². The minimum Gasteiger partial charge on any atom is -0.347 e. The van der Waals surface area contributed by atoms with Gasteiger partial charge in [0, 0.05) is 13.1 Å². The van der Waals surface area contributed by atoms with E-state index in [0.717, 1.165) is 25.0 Å². The second-order valence-electron chi connectivity index (χ2n) is 5.77. The van der Waals surface area contributed by atoms with Crippen LogP contribution in [-0.2, 0) is 13.0 Å². The third-order valence-electron chi connectivity index (χ3n) is 4.07. The maximum atomic E-state index is 12.7. The quantitative estimate of drug-likeness (QED) is 0.806. The van der Waals surface area contributed by atoms with E-state index in [1.807, 2.05) is 4.57 Å². The number of benzene rings is 1. The van der Waals surface area contributed by atoms with Crippen LogP contribution in [0.2, 0.25) is 5.02 Å². The van der Waals surface area contributed by atoms with Gasteiger partial charge in [-0.3, -0.25) is 9.59 Å². The molecule has 2 aromatic rings. The number of aromatic nitrogens is 2. The number of nitrogens with one attached hydrogen (secondary N) is 2. The van der Waals surface area contributed by atoms with E-state index in [2.05, 4.69) is 22.2 Å². The molecule has 6 nitrogen and oxygen atoms in total. The van der Waals surface area contributed by atoms with Gasteiger partial charge in [0.2, 0.25) is 0 Å². The molecule has 130 valence electrons. The molecule has 1 aromatic carbocycles. The van der Waals surface area contributed by atoms with Gasteiger partial charge in [0.05, 0.1) is 16.4 Å². The van der Waals surface area contributed by atoms with Crippen LogP contribution >= 0.6 is 11.6 Å². The molecule has 1 aromatic heterocycles. The summed E-state index contributed by atoms with van der Waals surface area (Å²) in [6.45, 7) is 4.61. The summed E-state index contributed by atoms with van der Waals surface area (Å²) in [6.07, 6.45) is 4.25. The van der Waals surface area contributed by atoms with E-state index in [1.165, 1.54) is 0 Å². The number of nitrogens with zero attached hydrogens (tertiary/aromatic N) is 2. The van der Waals surface area contributed by atoms with Crippen molar-refractivity contribution in [3.05, 3.63) is 59.2 Å². The fraction of sp³-hybridized carbons (Fsp3) is 0.278. The summed E-state index contributed by atoms with van der Waals surface area (Å²) in [4.78, 5) is 29.4. The molecule has 25 heavy (non-hydrogen) atoms. The van der Waals surface area contributed by atoms with E-state index in [9.17, 15) is 9.59 Å². The van der Waals surface area contributed by atoms with E-state index in [4.69, 9.17) is 11.6 Å². The summed E-state index contributed by atoms with van der Waals surface area (Å²) in [7, 11) is 0. The molecule has 0 unspecified atom stereocenters. The Morgan fingerprint density at radius 1 is 1.28 bits per heavy atom. The number of carbonyl (C=O) groups excluding carboxylic acids is 2. The van der Waals surface area contributed by atoms with Crippen molar-refractivity contribution in [2.75, 3.05) is 11.9 Å². The Morgan fingerprint density at radius 2 is 2.08 bits per heavy atom. The fourth-order valence-electron chi connectivity index (χ4n) is 2.89. The number of anilines is 1. The van der Waals surface area contributed by atoms with Crippen LogP contribution in [-0.4, -0.2) is 27.9 Å². The summed E-state index contributed by atoms with van der Waals surface area (Å²) in [6, 6.07) is 7.00. The molecular formula is C18H19ClN4O2. The molecule has 0 bridgehead atoms. The SMILES string of the molecule is C=CCNC(=O)c1nc(C(=O)Nc2ccccc2Cl)n2c1CCCC2. The monoisotopic (exact) mass is 358 g/mol. The molecule has 0 atom stereocenters. The maximum absolute atomic E-state index is 12.7. The Labute approximate surface area is 150 Å². The number of imidazole rings is 1. The van der Waals surface area contributed by atoms with Crippen molar-refractivity contribution in [3.63, 3.8) is 0 Å². The Kier molecular flexibility index (Phi) is 5.19. The van der Waals surface area contributed by atoms with Crippen molar-refractivity contribution >= 4 is 29.1 Å². The Morgan fingerprint density at radius 3 is 2.84 bits per heavy atom. The van der Waals surface area contributed by atoms with Gasteiger partial charge < -0.3 is 15.2 Å². The van der Waals surface area contributed by atoms with Gasteiger partial charge in [0.25, 0.3) is 11.8 Å². The maximum Gasteiger partial charge on any atom is 0.291 e. The molecule has 0 saturated heterocycles. The average molecular weight is 359 g/mol. The molecule has 7 heteroatoms. The Balaban J connectivity index is 1.92. The van der Waals surface area contributed by atoms with Crippen molar-refractivity contribution in [1.82, 2.24) is 14.9 Å². The van der Waals surface area contributed by atoms with Crippen LogP contribution in [0, 0.1) is 0 Å². The van der Waals surface area contributed by atoms with Crippen LogP contribution in [0.3, 0.4) is 0 Å². The lowest BCUT2D eigenvalue weighted by atomic mass is 10.1. The van der Waals surface area contributed by atoms with Crippen LogP contribution in [0.5, 0.6) is 0 Å². The van der Waals surface area contributed by atoms with Gasteiger partial charge in [-0.15, -0.1) is 6.58 Å². The number of rotatable bonds is 5. The first kappa shape index (κ1) is 17.2. The number of para-hydroxylation sites is 1. The van der Waals surface area contributed by atoms with Gasteiger partial charge in [-0.25, -0.2) is 4.98 Å². The minimum absolute atomic E-state index is 0.235. The standard InChI is InChI=1S/C18H19ClN4O2/c1-2-10-20-17(24)15-14-9-5-6-11-23(14)16(22-15)18(25)21-13-8-4-3-7-12(13)19/h2-4,7-8H,1,5-6,9-11H2,(H,20,24)(H,21,25). The molecule has 1 aliphatic heterocycles. The van der Waals surface area contributed by atoms with E-state index < -0.39 is 0 Å². The number of hydrogen-bond donors (Lipinski definition) is 2. The minimum atomic E-state index is -0.376. The van der Waals surface area contributed by atoms with Crippen molar-refractivity contribution in [3.8, 4) is 0 Å². The number of amides is 2. The van der Waals surface area contributed by atoms with E-state index in [1.54, 1.807) is 30.3 Å². The largest absolute Gasteiger partial charge is 0.347 e. The van der Waals surface area contributed by atoms with E-state index in [-0.39, 0.29) is 17.6 Å². The summed E-state index contributed by atoms with van der Waals surface area (Å²) in [5, 5.41) is 5.94. The molecule has 0 saturated carbocycles. The lowest BCUT2D eigenvalue weighted by molar-refractivity contribution is 0.0952. The summed E-state index contributed by atoms with van der Waals surface area (Å²) in [5.41, 5.74) is 1.63. The van der Waals surface area contributed by atoms with Gasteiger partial charge in [0.15, 0.2) is 5.82 Å². The van der Waals surface area contributed by atoms with Gasteiger partial charge in [-0.1, -0.05) is 29.8 Å². The lowest BCUT2D eigenvalue weighted by Crippen LogP contribution is -2.25. The van der Waals surface area contributed by atoms with Crippen LogP contribution in [0.25, 0.3) is 0 Å². The molecule has 3 rings (SSSR count). The van der Waals surface area contributed by atoms with Gasteiger partial charge in [-0.05, 0) is 31.4 Å². The van der Waals surface area contributed by atoms with Crippen LogP contribution in [0.15, 0.2) is 36.9 Å². The summed E-state index contributed by atoms with van der Waals surface area (Å²) >= 11 is 6.10. The third-order valence-corrected chi connectivity index (χ3v) is 4.39. The molecule has 0 aliphatic carbocycles. The Bertz CT molecular complexity index is 828. The molecule has 2 amide bonds. The van der Waals surface area contributed by atoms with Crippen LogP contribution in [0.4, 0.5) is 5.69 Å². The number of carbonyl (C=O) groups is 2. The van der Waals surface area contributed by atoms with Crippen molar-refractivity contribution in [1.29, 1.82) is 0 Å². The highest BCUT2D eigenvalue weighted by molar-refractivity contribution is 6.33. The fourth-order valence-corrected chi connectivity index (χ4v) is 3.07. The number of fused-ring (bicyclic) bond motifs is 1. The summed E-state index contributed by atoms with van der Waals surface area (Å²) < 4.78 is 1.83. The molecule has 2 heterocycles. The zero-order chi connectivity index (χ0) is 17.8. The van der Waals surface area contributed by atoms with Crippen molar-refractivity contribution in [2.24, 2.45) is 0 Å². The zero-order valence-electron chi connectivity index (χ0n) is 13.7. The van der Waals surface area contributed by atoms with Crippen molar-refractivity contribution < 1.29 is 9.59 Å². The predicted molar refractivity (Wildman–Crippen MR) is 97.1 cm³/mol. The lowest BCUT2D eigenvalue weighted by Gasteiger charge is -2.17. The second-order valence-corrected chi connectivity index (χ2v) is 6.18. The van der Waals surface area contributed by atoms with E-state index in [0.29, 0.717) is 29.5 Å². The first-order valence-electron chi connectivity index (χ1n) is 8.16. The third kappa shape index (κ3) is 3.58. The van der Waals surface area contributed by atoms with E-state index >= 15 is 0 Å². The van der Waals surface area contributed by atoms with Gasteiger partial charge in [-0.2, -0.15) is 0 Å². The molecule has 0 radical (unpaired) electrons. The first-order chi connectivity index (χ1) is 12.1. The highest BCUT2D eigenvalue weighted by Gasteiger charge is 2.27. The van der Waals surface area contributed by atoms with Gasteiger partial charge in [0.1, 0.15) is 5.69 Å². The molecule has 0 fully saturated rings. The summed E-state index contributed by atoms with van der Waals surface area (Å²) in [5.74, 6) is -0.431. The van der Waals surface area contributed by atoms with Gasteiger partial charge >= 0.3 is 0 Å². The first-order valence-corrected chi connectivity index (χ1v) is 8.54. The molecule has 2 N–H and O–H groups in total. The highest BCUT2D eigenvalue weighted by atomic mass is 35.5. The number of halogens is 1. The molecular weight excluding hydrogens is 340 g/mol. The zero-order valence-corrected chi connectivity index (χ0v) is 14.5. The van der Waals surface area contributed by atoms with Crippen LogP contribution in [0.1, 0.15) is 39.6 Å². The average Bonchev–Trinajstić information content (AvgIpc) is 3.01. The molecule has 0 spiro atoms. The second kappa shape index (κ2) is 7.53. The predicted octanol–water partition coefficient (Wildman–Crippen LogP) is 3.04. The number of hydrogen-bond acceptors (Lipinski definition) is 3.